The highest BCUT2D eigenvalue weighted by molar-refractivity contribution is 5.92. The second-order valence-electron chi connectivity index (χ2n) is 3.37. The number of aromatic nitrogens is 2. The fourth-order valence-electron chi connectivity index (χ4n) is 1.54. The molecule has 3 N–H and O–H groups in total. The summed E-state index contributed by atoms with van der Waals surface area (Å²) in [6, 6.07) is 3.63. The third-order valence-electron chi connectivity index (χ3n) is 2.35. The summed E-state index contributed by atoms with van der Waals surface area (Å²) in [6.45, 7) is 0.209. The molecular weight excluding hydrogens is 216 g/mol. The van der Waals surface area contributed by atoms with Crippen molar-refractivity contribution >= 4 is 22.4 Å². The molecule has 0 atom stereocenters. The molecule has 0 bridgehead atoms. The maximum absolute atomic E-state index is 5.78. The molecule has 0 radical (unpaired) electrons. The van der Waals surface area contributed by atoms with Gasteiger partial charge in [0.1, 0.15) is 24.5 Å². The minimum atomic E-state index is 0.209. The molecule has 0 unspecified atom stereocenters. The minimum Gasteiger partial charge on any atom is -0.479 e. The average molecular weight is 228 g/mol. The van der Waals surface area contributed by atoms with Gasteiger partial charge in [-0.2, -0.15) is 0 Å². The smallest absolute Gasteiger partial charge is 0.148 e. The van der Waals surface area contributed by atoms with Crippen LogP contribution in [0, 0.1) is 12.3 Å². The van der Waals surface area contributed by atoms with E-state index < -0.39 is 0 Å². The second kappa shape index (κ2) is 4.58. The number of rotatable bonds is 3. The van der Waals surface area contributed by atoms with Gasteiger partial charge >= 0.3 is 0 Å². The summed E-state index contributed by atoms with van der Waals surface area (Å²) >= 11 is 0. The highest BCUT2D eigenvalue weighted by Crippen LogP contribution is 2.30. The zero-order valence-electron chi connectivity index (χ0n) is 9.40. The first-order valence-corrected chi connectivity index (χ1v) is 5.04. The van der Waals surface area contributed by atoms with Crippen molar-refractivity contribution in [1.29, 1.82) is 0 Å². The SMILES string of the molecule is C#CCOc1cc2ncnc(N)c2cc1NC. The number of anilines is 2. The first-order chi connectivity index (χ1) is 8.26. The van der Waals surface area contributed by atoms with E-state index in [1.165, 1.54) is 6.33 Å². The van der Waals surface area contributed by atoms with Crippen LogP contribution in [-0.2, 0) is 0 Å². The normalized spacial score (nSPS) is 9.88. The van der Waals surface area contributed by atoms with Gasteiger partial charge in [-0.1, -0.05) is 5.92 Å². The Labute approximate surface area is 99.0 Å². The molecule has 86 valence electrons. The Hall–Kier alpha value is -2.48. The summed E-state index contributed by atoms with van der Waals surface area (Å²) in [4.78, 5) is 8.08. The Kier molecular flexibility index (Phi) is 2.97. The predicted molar refractivity (Wildman–Crippen MR) is 67.8 cm³/mol. The fourth-order valence-corrected chi connectivity index (χ4v) is 1.54. The molecule has 0 fully saturated rings. The molecule has 0 aliphatic carbocycles. The number of nitrogens with one attached hydrogen (secondary N) is 1. The Morgan fingerprint density at radius 1 is 1.47 bits per heavy atom. The molecule has 0 amide bonds. The van der Waals surface area contributed by atoms with E-state index in [-0.39, 0.29) is 6.61 Å². The van der Waals surface area contributed by atoms with Gasteiger partial charge in [-0.05, 0) is 6.07 Å². The van der Waals surface area contributed by atoms with Gasteiger partial charge in [-0.25, -0.2) is 9.97 Å². The van der Waals surface area contributed by atoms with Crippen LogP contribution in [0.4, 0.5) is 11.5 Å². The first kappa shape index (κ1) is 11.0. The van der Waals surface area contributed by atoms with Gasteiger partial charge < -0.3 is 15.8 Å². The lowest BCUT2D eigenvalue weighted by atomic mass is 10.2. The zero-order chi connectivity index (χ0) is 12.3. The Morgan fingerprint density at radius 2 is 2.29 bits per heavy atom. The van der Waals surface area contributed by atoms with E-state index >= 15 is 0 Å². The van der Waals surface area contributed by atoms with Crippen molar-refractivity contribution < 1.29 is 4.74 Å². The lowest BCUT2D eigenvalue weighted by Crippen LogP contribution is -2.00. The molecule has 0 aliphatic rings. The summed E-state index contributed by atoms with van der Waals surface area (Å²) in [5, 5.41) is 3.80. The van der Waals surface area contributed by atoms with Crippen molar-refractivity contribution in [2.24, 2.45) is 0 Å². The van der Waals surface area contributed by atoms with Gasteiger partial charge in [0.05, 0.1) is 11.2 Å². The minimum absolute atomic E-state index is 0.209. The van der Waals surface area contributed by atoms with Crippen LogP contribution in [0.3, 0.4) is 0 Å². The van der Waals surface area contributed by atoms with Crippen LogP contribution in [0.2, 0.25) is 0 Å². The van der Waals surface area contributed by atoms with E-state index in [0.717, 1.165) is 16.6 Å². The number of nitrogen functional groups attached to an aromatic ring is 1. The van der Waals surface area contributed by atoms with Crippen LogP contribution in [0.25, 0.3) is 10.9 Å². The largest absolute Gasteiger partial charge is 0.479 e. The second-order valence-corrected chi connectivity index (χ2v) is 3.37. The van der Waals surface area contributed by atoms with E-state index in [2.05, 4.69) is 21.2 Å². The van der Waals surface area contributed by atoms with Crippen LogP contribution >= 0.6 is 0 Å². The maximum Gasteiger partial charge on any atom is 0.148 e. The number of hydrogen-bond donors (Lipinski definition) is 2. The molecule has 1 aromatic heterocycles. The Bertz CT molecular complexity index is 589. The molecular formula is C12H12N4O. The van der Waals surface area contributed by atoms with Crippen molar-refractivity contribution in [1.82, 2.24) is 9.97 Å². The van der Waals surface area contributed by atoms with Crippen LogP contribution in [-0.4, -0.2) is 23.6 Å². The van der Waals surface area contributed by atoms with Crippen LogP contribution in [0.1, 0.15) is 0 Å². The lowest BCUT2D eigenvalue weighted by Gasteiger charge is -2.11. The average Bonchev–Trinajstić information content (AvgIpc) is 2.36. The summed E-state index contributed by atoms with van der Waals surface area (Å²) in [5.74, 6) is 3.51. The summed E-state index contributed by atoms with van der Waals surface area (Å²) in [7, 11) is 1.80. The lowest BCUT2D eigenvalue weighted by molar-refractivity contribution is 0.372. The van der Waals surface area contributed by atoms with E-state index in [1.807, 2.05) is 6.07 Å². The quantitative estimate of drug-likeness (QED) is 0.774. The number of nitrogens with zero attached hydrogens (tertiary/aromatic N) is 2. The molecule has 0 spiro atoms. The Morgan fingerprint density at radius 3 is 3.00 bits per heavy atom. The molecule has 0 aliphatic heterocycles. The molecule has 1 heterocycles. The van der Waals surface area contributed by atoms with Crippen molar-refractivity contribution in [2.75, 3.05) is 24.7 Å². The van der Waals surface area contributed by atoms with Gasteiger partial charge in [0.15, 0.2) is 0 Å². The van der Waals surface area contributed by atoms with Crippen LogP contribution in [0.15, 0.2) is 18.5 Å². The van der Waals surface area contributed by atoms with Crippen molar-refractivity contribution in [3.63, 3.8) is 0 Å². The molecule has 1 aromatic carbocycles. The number of fused-ring (bicyclic) bond motifs is 1. The first-order valence-electron chi connectivity index (χ1n) is 5.04. The third-order valence-corrected chi connectivity index (χ3v) is 2.35. The molecule has 17 heavy (non-hydrogen) atoms. The highest BCUT2D eigenvalue weighted by Gasteiger charge is 2.08. The van der Waals surface area contributed by atoms with Gasteiger partial charge in [-0.3, -0.25) is 0 Å². The highest BCUT2D eigenvalue weighted by atomic mass is 16.5. The predicted octanol–water partition coefficient (Wildman–Crippen LogP) is 1.27. The van der Waals surface area contributed by atoms with E-state index in [0.29, 0.717) is 11.6 Å². The number of benzene rings is 1. The third kappa shape index (κ3) is 2.06. The van der Waals surface area contributed by atoms with Crippen molar-refractivity contribution in [3.8, 4) is 18.1 Å². The summed E-state index contributed by atoms with van der Waals surface area (Å²) < 4.78 is 5.43. The molecule has 5 heteroatoms. The van der Waals surface area contributed by atoms with Crippen molar-refractivity contribution in [3.05, 3.63) is 18.5 Å². The molecule has 5 nitrogen and oxygen atoms in total. The van der Waals surface area contributed by atoms with Crippen LogP contribution < -0.4 is 15.8 Å². The molecule has 0 saturated heterocycles. The molecule has 2 aromatic rings. The molecule has 0 saturated carbocycles. The van der Waals surface area contributed by atoms with Gasteiger partial charge in [0.2, 0.25) is 0 Å². The zero-order valence-corrected chi connectivity index (χ0v) is 9.40. The van der Waals surface area contributed by atoms with Gasteiger partial charge in [0, 0.05) is 18.5 Å². The van der Waals surface area contributed by atoms with Crippen LogP contribution in [0.5, 0.6) is 5.75 Å². The number of ether oxygens (including phenoxy) is 1. The van der Waals surface area contributed by atoms with Gasteiger partial charge in [-0.15, -0.1) is 6.42 Å². The van der Waals surface area contributed by atoms with E-state index in [4.69, 9.17) is 16.9 Å². The standard InChI is InChI=1S/C12H12N4O/c1-3-4-17-11-6-9-8(5-10(11)14-2)12(13)16-7-15-9/h1,5-7,14H,4H2,2H3,(H2,13,15,16). The molecule has 2 rings (SSSR count). The van der Waals surface area contributed by atoms with E-state index in [9.17, 15) is 0 Å². The monoisotopic (exact) mass is 228 g/mol. The van der Waals surface area contributed by atoms with Gasteiger partial charge in [0.25, 0.3) is 0 Å². The van der Waals surface area contributed by atoms with E-state index in [1.54, 1.807) is 13.1 Å². The summed E-state index contributed by atoms with van der Waals surface area (Å²) in [6.07, 6.45) is 6.58. The number of terminal acetylenes is 1. The number of nitrogens with two attached hydrogens (primary N) is 1. The number of hydrogen-bond acceptors (Lipinski definition) is 5. The fraction of sp³-hybridized carbons (Fsp3) is 0.167. The summed E-state index contributed by atoms with van der Waals surface area (Å²) in [5.41, 5.74) is 7.30. The van der Waals surface area contributed by atoms with Crippen molar-refractivity contribution in [2.45, 2.75) is 0 Å². The maximum atomic E-state index is 5.78. The Balaban J connectivity index is 2.57. The topological polar surface area (TPSA) is 73.1 Å².